The molecule has 3 rings (SSSR count). The molecule has 0 saturated heterocycles. The zero-order valence-corrected chi connectivity index (χ0v) is 7.73. The number of fused-ring (bicyclic) bond motifs is 1. The predicted molar refractivity (Wildman–Crippen MR) is 50.7 cm³/mol. The lowest BCUT2D eigenvalue weighted by Gasteiger charge is -1.92. The molecule has 0 aliphatic heterocycles. The van der Waals surface area contributed by atoms with Crippen molar-refractivity contribution >= 4 is 22.6 Å². The van der Waals surface area contributed by atoms with Gasteiger partial charge in [-0.05, 0) is 21.8 Å². The van der Waals surface area contributed by atoms with Gasteiger partial charge >= 0.3 is 0 Å². The highest BCUT2D eigenvalue weighted by Gasteiger charge is 2.06. The fourth-order valence-electron chi connectivity index (χ4n) is 1.15. The zero-order valence-electron chi connectivity index (χ0n) is 6.91. The van der Waals surface area contributed by atoms with Crippen LogP contribution in [0.5, 0.6) is 0 Å². The average Bonchev–Trinajstić information content (AvgIpc) is 2.88. The lowest BCUT2D eigenvalue weighted by molar-refractivity contribution is 0.314. The van der Waals surface area contributed by atoms with Crippen molar-refractivity contribution in [1.29, 1.82) is 0 Å². The van der Waals surface area contributed by atoms with Crippen LogP contribution in [0.1, 0.15) is 0 Å². The summed E-state index contributed by atoms with van der Waals surface area (Å²) in [5.41, 5.74) is 2.69. The van der Waals surface area contributed by atoms with Gasteiger partial charge in [0.05, 0.1) is 11.9 Å². The highest BCUT2D eigenvalue weighted by molar-refractivity contribution is 7.08. The second-order valence-electron chi connectivity index (χ2n) is 2.68. The van der Waals surface area contributed by atoms with Crippen LogP contribution in [0.2, 0.25) is 0 Å². The van der Waals surface area contributed by atoms with Gasteiger partial charge in [-0.25, -0.2) is 14.6 Å². The van der Waals surface area contributed by atoms with Crippen LogP contribution in [0.4, 0.5) is 0 Å². The Morgan fingerprint density at radius 1 is 1.21 bits per heavy atom. The highest BCUT2D eigenvalue weighted by Crippen LogP contribution is 2.19. The topological polar surface area (TPSA) is 64.7 Å². The number of hydrogen-bond donors (Lipinski definition) is 0. The van der Waals surface area contributed by atoms with Crippen LogP contribution in [0.15, 0.2) is 27.7 Å². The molecule has 0 N–H and O–H groups in total. The standard InChI is InChI=1S/C8H4N4OS/c1-2-14-4-5(1)6-3-9-7-8(10-6)12-13-11-7/h1-4H. The van der Waals surface area contributed by atoms with E-state index in [1.54, 1.807) is 17.5 Å². The van der Waals surface area contributed by atoms with E-state index < -0.39 is 0 Å². The Hall–Kier alpha value is -1.82. The molecule has 0 aliphatic carbocycles. The molecule has 0 spiro atoms. The number of rotatable bonds is 1. The summed E-state index contributed by atoms with van der Waals surface area (Å²) in [5, 5.41) is 11.2. The van der Waals surface area contributed by atoms with Crippen LogP contribution in [0, 0.1) is 0 Å². The van der Waals surface area contributed by atoms with Crippen LogP contribution in [-0.2, 0) is 0 Å². The second-order valence-corrected chi connectivity index (χ2v) is 3.46. The molecule has 0 saturated carbocycles. The third kappa shape index (κ3) is 1.08. The summed E-state index contributed by atoms with van der Waals surface area (Å²) in [6.45, 7) is 0. The van der Waals surface area contributed by atoms with Crippen LogP contribution in [-0.4, -0.2) is 20.3 Å². The number of aromatic nitrogens is 4. The maximum absolute atomic E-state index is 4.51. The molecule has 3 aromatic heterocycles. The Morgan fingerprint density at radius 2 is 2.14 bits per heavy atom. The molecule has 0 bridgehead atoms. The second kappa shape index (κ2) is 2.85. The SMILES string of the molecule is c1cc(-c2cnc3nonc3n2)cs1. The van der Waals surface area contributed by atoms with E-state index in [0.717, 1.165) is 11.3 Å². The normalized spacial score (nSPS) is 10.9. The number of hydrogen-bond acceptors (Lipinski definition) is 6. The molecule has 0 atom stereocenters. The molecule has 68 valence electrons. The lowest BCUT2D eigenvalue weighted by Crippen LogP contribution is -1.85. The molecule has 3 aromatic rings. The maximum Gasteiger partial charge on any atom is 0.243 e. The van der Waals surface area contributed by atoms with E-state index in [0.29, 0.717) is 11.3 Å². The smallest absolute Gasteiger partial charge is 0.240 e. The minimum absolute atomic E-state index is 0.434. The van der Waals surface area contributed by atoms with Gasteiger partial charge in [-0.3, -0.25) is 0 Å². The molecule has 6 heteroatoms. The predicted octanol–water partition coefficient (Wildman–Crippen LogP) is 1.74. The summed E-state index contributed by atoms with van der Waals surface area (Å²) in [6.07, 6.45) is 1.66. The minimum Gasteiger partial charge on any atom is -0.240 e. The molecule has 0 fully saturated rings. The summed E-state index contributed by atoms with van der Waals surface area (Å²) in [4.78, 5) is 8.33. The van der Waals surface area contributed by atoms with Crippen molar-refractivity contribution in [2.75, 3.05) is 0 Å². The van der Waals surface area contributed by atoms with Crippen molar-refractivity contribution in [2.24, 2.45) is 0 Å². The molecule has 0 radical (unpaired) electrons. The van der Waals surface area contributed by atoms with Gasteiger partial charge < -0.3 is 0 Å². The summed E-state index contributed by atoms with van der Waals surface area (Å²) < 4.78 is 4.51. The first-order valence-corrected chi connectivity index (χ1v) is 4.85. The molecular weight excluding hydrogens is 200 g/mol. The molecule has 0 aromatic carbocycles. The summed E-state index contributed by atoms with van der Waals surface area (Å²) in [5.74, 6) is 0. The van der Waals surface area contributed by atoms with Crippen molar-refractivity contribution in [1.82, 2.24) is 20.3 Å². The Morgan fingerprint density at radius 3 is 3.00 bits per heavy atom. The van der Waals surface area contributed by atoms with Gasteiger partial charge in [-0.2, -0.15) is 11.3 Å². The van der Waals surface area contributed by atoms with E-state index >= 15 is 0 Å². The van der Waals surface area contributed by atoms with Gasteiger partial charge in [0.15, 0.2) is 0 Å². The fourth-order valence-corrected chi connectivity index (χ4v) is 1.80. The summed E-state index contributed by atoms with van der Waals surface area (Å²) in [6, 6.07) is 1.98. The molecular formula is C8H4N4OS. The minimum atomic E-state index is 0.434. The summed E-state index contributed by atoms with van der Waals surface area (Å²) >= 11 is 1.61. The maximum atomic E-state index is 4.51. The molecule has 14 heavy (non-hydrogen) atoms. The molecule has 0 amide bonds. The van der Waals surface area contributed by atoms with Gasteiger partial charge in [-0.15, -0.1) is 0 Å². The Labute approximate surface area is 82.4 Å². The van der Waals surface area contributed by atoms with Gasteiger partial charge in [-0.1, -0.05) is 0 Å². The van der Waals surface area contributed by atoms with Crippen LogP contribution < -0.4 is 0 Å². The van der Waals surface area contributed by atoms with Gasteiger partial charge in [0, 0.05) is 10.9 Å². The Bertz CT molecular complexity index is 560. The van der Waals surface area contributed by atoms with E-state index in [-0.39, 0.29) is 0 Å². The first-order chi connectivity index (χ1) is 6.93. The van der Waals surface area contributed by atoms with E-state index in [2.05, 4.69) is 24.9 Å². The molecule has 3 heterocycles. The van der Waals surface area contributed by atoms with Crippen molar-refractivity contribution in [3.63, 3.8) is 0 Å². The quantitative estimate of drug-likeness (QED) is 0.604. The third-order valence-corrected chi connectivity index (χ3v) is 2.49. The van der Waals surface area contributed by atoms with Crippen molar-refractivity contribution in [3.8, 4) is 11.3 Å². The van der Waals surface area contributed by atoms with E-state index in [1.807, 2.05) is 16.8 Å². The highest BCUT2D eigenvalue weighted by atomic mass is 32.1. The first kappa shape index (κ1) is 7.57. The molecule has 5 nitrogen and oxygen atoms in total. The fraction of sp³-hybridized carbons (Fsp3) is 0. The van der Waals surface area contributed by atoms with Crippen LogP contribution in [0.25, 0.3) is 22.6 Å². The van der Waals surface area contributed by atoms with Gasteiger partial charge in [0.25, 0.3) is 0 Å². The number of thiophene rings is 1. The van der Waals surface area contributed by atoms with E-state index in [9.17, 15) is 0 Å². The van der Waals surface area contributed by atoms with Gasteiger partial charge in [0.1, 0.15) is 0 Å². The summed E-state index contributed by atoms with van der Waals surface area (Å²) in [7, 11) is 0. The Kier molecular flexibility index (Phi) is 1.54. The number of nitrogens with zero attached hydrogens (tertiary/aromatic N) is 4. The monoisotopic (exact) mass is 204 g/mol. The Balaban J connectivity index is 2.23. The third-order valence-electron chi connectivity index (χ3n) is 1.81. The van der Waals surface area contributed by atoms with Crippen LogP contribution >= 0.6 is 11.3 Å². The van der Waals surface area contributed by atoms with Crippen molar-refractivity contribution in [3.05, 3.63) is 23.0 Å². The van der Waals surface area contributed by atoms with E-state index in [1.165, 1.54) is 0 Å². The van der Waals surface area contributed by atoms with Gasteiger partial charge in [0.2, 0.25) is 11.3 Å². The van der Waals surface area contributed by atoms with Crippen molar-refractivity contribution < 1.29 is 4.63 Å². The average molecular weight is 204 g/mol. The zero-order chi connectivity index (χ0) is 9.38. The van der Waals surface area contributed by atoms with E-state index in [4.69, 9.17) is 0 Å². The lowest BCUT2D eigenvalue weighted by atomic mass is 10.2. The molecule has 0 unspecified atom stereocenters. The van der Waals surface area contributed by atoms with Crippen LogP contribution in [0.3, 0.4) is 0 Å². The first-order valence-electron chi connectivity index (χ1n) is 3.91. The molecule has 0 aliphatic rings. The van der Waals surface area contributed by atoms with Crippen molar-refractivity contribution in [2.45, 2.75) is 0 Å². The largest absolute Gasteiger partial charge is 0.243 e.